The molecule has 0 aromatic heterocycles. The van der Waals surface area contributed by atoms with Gasteiger partial charge in [0, 0.05) is 13.7 Å². The van der Waals surface area contributed by atoms with Gasteiger partial charge in [-0.25, -0.2) is 0 Å². The van der Waals surface area contributed by atoms with Crippen LogP contribution in [0.5, 0.6) is 0 Å². The second-order valence-electron chi connectivity index (χ2n) is 12.9. The van der Waals surface area contributed by atoms with Gasteiger partial charge >= 0.3 is 0 Å². The lowest BCUT2D eigenvalue weighted by atomic mass is 9.47. The van der Waals surface area contributed by atoms with Crippen LogP contribution in [0.15, 0.2) is 11.6 Å². The largest absolute Gasteiger partial charge is 0.393 e. The summed E-state index contributed by atoms with van der Waals surface area (Å²) >= 11 is 0. The zero-order valence-electron chi connectivity index (χ0n) is 21.3. The monoisotopic (exact) mass is 430 g/mol. The van der Waals surface area contributed by atoms with Crippen molar-refractivity contribution in [1.29, 1.82) is 0 Å². The molecule has 2 heteroatoms. The van der Waals surface area contributed by atoms with Crippen LogP contribution in [0.1, 0.15) is 98.8 Å². The number of allylic oxidation sites excluding steroid dienone is 1. The Kier molecular flexibility index (Phi) is 7.01. The predicted molar refractivity (Wildman–Crippen MR) is 130 cm³/mol. The SMILES string of the molecule is COC[C@H](CC[C@@H](C)[C@H]1CC[C@H]2[C@@H]3CC=C4C[C@@H](O)CC[C@]4(C)[C@H]3CC[C@]12C)C(C)C. The first-order chi connectivity index (χ1) is 14.7. The molecule has 178 valence electrons. The van der Waals surface area contributed by atoms with Gasteiger partial charge in [0.05, 0.1) is 6.10 Å². The van der Waals surface area contributed by atoms with Crippen molar-refractivity contribution in [3.8, 4) is 0 Å². The molecule has 0 unspecified atom stereocenters. The van der Waals surface area contributed by atoms with Crippen molar-refractivity contribution in [1.82, 2.24) is 0 Å². The Morgan fingerprint density at radius 2 is 1.81 bits per heavy atom. The lowest BCUT2D eigenvalue weighted by molar-refractivity contribution is -0.0576. The van der Waals surface area contributed by atoms with E-state index in [4.69, 9.17) is 4.74 Å². The molecule has 1 N–H and O–H groups in total. The van der Waals surface area contributed by atoms with Gasteiger partial charge in [0.1, 0.15) is 0 Å². The van der Waals surface area contributed by atoms with E-state index in [1.807, 2.05) is 7.11 Å². The molecule has 0 radical (unpaired) electrons. The van der Waals surface area contributed by atoms with Crippen LogP contribution in [0.25, 0.3) is 0 Å². The van der Waals surface area contributed by atoms with E-state index >= 15 is 0 Å². The molecule has 0 spiro atoms. The predicted octanol–water partition coefficient (Wildman–Crippen LogP) is 7.26. The minimum Gasteiger partial charge on any atom is -0.393 e. The molecule has 3 saturated carbocycles. The molecule has 4 aliphatic rings. The van der Waals surface area contributed by atoms with Crippen molar-refractivity contribution in [2.45, 2.75) is 105 Å². The Morgan fingerprint density at radius 1 is 1.03 bits per heavy atom. The Morgan fingerprint density at radius 3 is 2.52 bits per heavy atom. The van der Waals surface area contributed by atoms with E-state index in [2.05, 4.69) is 40.7 Å². The van der Waals surface area contributed by atoms with Gasteiger partial charge in [0.2, 0.25) is 0 Å². The van der Waals surface area contributed by atoms with E-state index in [9.17, 15) is 5.11 Å². The average molecular weight is 431 g/mol. The van der Waals surface area contributed by atoms with Crippen LogP contribution < -0.4 is 0 Å². The standard InChI is InChI=1S/C29H50O2/c1-19(2)21(18-31-6)8-7-20(3)25-11-12-26-24-10-9-22-17-23(30)13-15-28(22,4)27(24)14-16-29(25,26)5/h9,19-21,23-27,30H,7-8,10-18H2,1-6H3/t20-,21+,23+,24+,25-,26+,27+,28+,29-/m1/s1. The van der Waals surface area contributed by atoms with Gasteiger partial charge in [-0.3, -0.25) is 0 Å². The van der Waals surface area contributed by atoms with E-state index in [1.54, 1.807) is 5.57 Å². The summed E-state index contributed by atoms with van der Waals surface area (Å²) in [5.74, 6) is 5.82. The van der Waals surface area contributed by atoms with Gasteiger partial charge in [0.25, 0.3) is 0 Å². The third-order valence-electron chi connectivity index (χ3n) is 11.2. The van der Waals surface area contributed by atoms with Crippen molar-refractivity contribution in [3.05, 3.63) is 11.6 Å². The summed E-state index contributed by atoms with van der Waals surface area (Å²) < 4.78 is 5.53. The van der Waals surface area contributed by atoms with E-state index in [1.165, 1.54) is 51.4 Å². The summed E-state index contributed by atoms with van der Waals surface area (Å²) in [6, 6.07) is 0. The molecule has 0 aromatic rings. The third kappa shape index (κ3) is 4.18. The second kappa shape index (κ2) is 9.13. The number of hydrogen-bond donors (Lipinski definition) is 1. The summed E-state index contributed by atoms with van der Waals surface area (Å²) in [4.78, 5) is 0. The normalized spacial score (nSPS) is 44.3. The molecule has 3 fully saturated rings. The zero-order valence-corrected chi connectivity index (χ0v) is 21.3. The first-order valence-corrected chi connectivity index (χ1v) is 13.6. The summed E-state index contributed by atoms with van der Waals surface area (Å²) in [7, 11) is 1.86. The molecule has 4 rings (SSSR count). The molecule has 0 saturated heterocycles. The second-order valence-corrected chi connectivity index (χ2v) is 12.9. The van der Waals surface area contributed by atoms with Crippen LogP contribution in [0, 0.1) is 52.3 Å². The maximum absolute atomic E-state index is 10.3. The highest BCUT2D eigenvalue weighted by atomic mass is 16.5. The Bertz CT molecular complexity index is 653. The van der Waals surface area contributed by atoms with Gasteiger partial charge in [0.15, 0.2) is 0 Å². The average Bonchev–Trinajstić information content (AvgIpc) is 3.08. The number of rotatable bonds is 7. The molecule has 0 aromatic carbocycles. The van der Waals surface area contributed by atoms with Gasteiger partial charge in [-0.2, -0.15) is 0 Å². The zero-order chi connectivity index (χ0) is 22.4. The smallest absolute Gasteiger partial charge is 0.0577 e. The molecular formula is C29H50O2. The molecule has 2 nitrogen and oxygen atoms in total. The summed E-state index contributed by atoms with van der Waals surface area (Å²) in [5.41, 5.74) is 2.53. The molecule has 0 bridgehead atoms. The van der Waals surface area contributed by atoms with Crippen molar-refractivity contribution in [2.75, 3.05) is 13.7 Å². The Labute approximate surface area is 192 Å². The summed E-state index contributed by atoms with van der Waals surface area (Å²) in [6.45, 7) is 13.4. The maximum Gasteiger partial charge on any atom is 0.0577 e. The fraction of sp³-hybridized carbons (Fsp3) is 0.931. The fourth-order valence-electron chi connectivity index (χ4n) is 9.12. The minimum atomic E-state index is -0.0887. The van der Waals surface area contributed by atoms with Crippen LogP contribution >= 0.6 is 0 Å². The van der Waals surface area contributed by atoms with Gasteiger partial charge in [-0.1, -0.05) is 52.7 Å². The molecular weight excluding hydrogens is 380 g/mol. The highest BCUT2D eigenvalue weighted by Gasteiger charge is 2.59. The van der Waals surface area contributed by atoms with Gasteiger partial charge in [-0.05, 0) is 110 Å². The van der Waals surface area contributed by atoms with Crippen LogP contribution in [0.3, 0.4) is 0 Å². The highest BCUT2D eigenvalue weighted by Crippen LogP contribution is 2.67. The van der Waals surface area contributed by atoms with Crippen LogP contribution in [0.2, 0.25) is 0 Å². The van der Waals surface area contributed by atoms with Crippen molar-refractivity contribution in [3.63, 3.8) is 0 Å². The molecule has 9 atom stereocenters. The summed E-state index contributed by atoms with van der Waals surface area (Å²) in [5, 5.41) is 10.3. The first-order valence-electron chi connectivity index (χ1n) is 13.6. The maximum atomic E-state index is 10.3. The highest BCUT2D eigenvalue weighted by molar-refractivity contribution is 5.25. The van der Waals surface area contributed by atoms with Crippen LogP contribution in [-0.4, -0.2) is 24.9 Å². The van der Waals surface area contributed by atoms with E-state index in [0.717, 1.165) is 49.0 Å². The summed E-state index contributed by atoms with van der Waals surface area (Å²) in [6.07, 6.45) is 15.4. The number of hydrogen-bond acceptors (Lipinski definition) is 2. The van der Waals surface area contributed by atoms with Gasteiger partial charge < -0.3 is 9.84 Å². The Balaban J connectivity index is 1.46. The van der Waals surface area contributed by atoms with E-state index in [0.29, 0.717) is 22.7 Å². The number of methoxy groups -OCH3 is 1. The molecule has 0 aliphatic heterocycles. The van der Waals surface area contributed by atoms with Crippen molar-refractivity contribution >= 4 is 0 Å². The lowest BCUT2D eigenvalue weighted by Crippen LogP contribution is -2.50. The van der Waals surface area contributed by atoms with Crippen LogP contribution in [-0.2, 0) is 4.74 Å². The number of aliphatic hydroxyl groups is 1. The molecule has 4 aliphatic carbocycles. The lowest BCUT2D eigenvalue weighted by Gasteiger charge is -2.58. The van der Waals surface area contributed by atoms with Gasteiger partial charge in [-0.15, -0.1) is 0 Å². The topological polar surface area (TPSA) is 29.5 Å². The molecule has 31 heavy (non-hydrogen) atoms. The first kappa shape index (κ1) is 23.8. The number of ether oxygens (including phenoxy) is 1. The van der Waals surface area contributed by atoms with Crippen LogP contribution in [0.4, 0.5) is 0 Å². The van der Waals surface area contributed by atoms with E-state index < -0.39 is 0 Å². The third-order valence-corrected chi connectivity index (χ3v) is 11.2. The Hall–Kier alpha value is -0.340. The fourth-order valence-corrected chi connectivity index (χ4v) is 9.12. The van der Waals surface area contributed by atoms with Crippen molar-refractivity contribution in [2.24, 2.45) is 52.3 Å². The molecule has 0 heterocycles. The number of fused-ring (bicyclic) bond motifs is 5. The molecule has 0 amide bonds. The van der Waals surface area contributed by atoms with E-state index in [-0.39, 0.29) is 6.10 Å². The van der Waals surface area contributed by atoms with Crippen molar-refractivity contribution < 1.29 is 9.84 Å². The minimum absolute atomic E-state index is 0.0887. The quantitative estimate of drug-likeness (QED) is 0.431. The number of aliphatic hydroxyl groups excluding tert-OH is 1.